The lowest BCUT2D eigenvalue weighted by molar-refractivity contribution is 0.279. The highest BCUT2D eigenvalue weighted by Crippen LogP contribution is 2.33. The monoisotopic (exact) mass is 275 g/mol. The predicted octanol–water partition coefficient (Wildman–Crippen LogP) is 3.43. The minimum atomic E-state index is 0.483. The van der Waals surface area contributed by atoms with E-state index in [-0.39, 0.29) is 0 Å². The van der Waals surface area contributed by atoms with Crippen LogP contribution in [0, 0.1) is 19.3 Å². The van der Waals surface area contributed by atoms with E-state index in [0.29, 0.717) is 5.41 Å². The number of nitrogens with one attached hydrogen (secondary N) is 1. The molecule has 3 heteroatoms. The van der Waals surface area contributed by atoms with E-state index >= 15 is 0 Å². The predicted molar refractivity (Wildman–Crippen MR) is 86.3 cm³/mol. The first-order valence-corrected chi connectivity index (χ1v) is 7.86. The van der Waals surface area contributed by atoms with Gasteiger partial charge in [0.1, 0.15) is 5.82 Å². The molecule has 20 heavy (non-hydrogen) atoms. The van der Waals surface area contributed by atoms with Crippen LogP contribution in [-0.4, -0.2) is 24.6 Å². The molecule has 1 aromatic heterocycles. The molecule has 0 spiro atoms. The highest BCUT2D eigenvalue weighted by atomic mass is 15.2. The van der Waals surface area contributed by atoms with Gasteiger partial charge in [0.25, 0.3) is 0 Å². The second-order valence-electron chi connectivity index (χ2n) is 6.81. The topological polar surface area (TPSA) is 28.2 Å². The smallest absolute Gasteiger partial charge is 0.133 e. The number of anilines is 1. The molecule has 1 saturated heterocycles. The third kappa shape index (κ3) is 3.51. The Labute approximate surface area is 123 Å². The lowest BCUT2D eigenvalue weighted by Gasteiger charge is -2.38. The minimum absolute atomic E-state index is 0.483. The fourth-order valence-electron chi connectivity index (χ4n) is 2.90. The number of rotatable bonds is 4. The zero-order valence-corrected chi connectivity index (χ0v) is 13.7. The molecule has 1 N–H and O–H groups in total. The summed E-state index contributed by atoms with van der Waals surface area (Å²) in [4.78, 5) is 7.33. The molecule has 2 rings (SSSR count). The van der Waals surface area contributed by atoms with Crippen molar-refractivity contribution >= 4 is 5.82 Å². The first-order valence-electron chi connectivity index (χ1n) is 7.86. The van der Waals surface area contributed by atoms with Crippen LogP contribution in [0.1, 0.15) is 50.4 Å². The summed E-state index contributed by atoms with van der Waals surface area (Å²) in [6, 6.07) is 2.20. The number of hydrogen-bond donors (Lipinski definition) is 1. The molecule has 3 nitrogen and oxygen atoms in total. The number of pyridine rings is 1. The Morgan fingerprint density at radius 2 is 1.90 bits per heavy atom. The molecule has 0 radical (unpaired) electrons. The van der Waals surface area contributed by atoms with Crippen molar-refractivity contribution < 1.29 is 0 Å². The van der Waals surface area contributed by atoms with Gasteiger partial charge in [-0.15, -0.1) is 0 Å². The fraction of sp³-hybridized carbons (Fsp3) is 0.706. The molecular weight excluding hydrogens is 246 g/mol. The molecule has 112 valence electrons. The van der Waals surface area contributed by atoms with Gasteiger partial charge in [0.05, 0.1) is 0 Å². The number of piperidine rings is 1. The fourth-order valence-corrected chi connectivity index (χ4v) is 2.90. The number of hydrogen-bond acceptors (Lipinski definition) is 3. The first-order chi connectivity index (χ1) is 9.43. The van der Waals surface area contributed by atoms with E-state index in [4.69, 9.17) is 4.98 Å². The van der Waals surface area contributed by atoms with Crippen LogP contribution < -0.4 is 10.2 Å². The number of aryl methyl sites for hydroxylation is 2. The largest absolute Gasteiger partial charge is 0.356 e. The quantitative estimate of drug-likeness (QED) is 0.912. The maximum absolute atomic E-state index is 4.84. The Bertz CT molecular complexity index is 456. The van der Waals surface area contributed by atoms with Crippen molar-refractivity contribution in [3.8, 4) is 0 Å². The Kier molecular flexibility index (Phi) is 4.69. The second-order valence-corrected chi connectivity index (χ2v) is 6.81. The van der Waals surface area contributed by atoms with Crippen LogP contribution >= 0.6 is 0 Å². The summed E-state index contributed by atoms with van der Waals surface area (Å²) in [5.41, 5.74) is 4.34. The highest BCUT2D eigenvalue weighted by Gasteiger charge is 2.27. The second kappa shape index (κ2) is 6.13. The molecule has 0 unspecified atom stereocenters. The standard InChI is InChI=1S/C17H29N3/c1-6-18-12-15-13(2)11-14(3)19-16(15)20-9-7-17(4,5)8-10-20/h11,18H,6-10,12H2,1-5H3. The zero-order chi connectivity index (χ0) is 14.8. The molecule has 2 heterocycles. The van der Waals surface area contributed by atoms with E-state index in [1.807, 2.05) is 0 Å². The van der Waals surface area contributed by atoms with Crippen LogP contribution in [0.5, 0.6) is 0 Å². The van der Waals surface area contributed by atoms with Crippen LogP contribution in [0.25, 0.3) is 0 Å². The van der Waals surface area contributed by atoms with Crippen LogP contribution in [-0.2, 0) is 6.54 Å². The third-order valence-electron chi connectivity index (χ3n) is 4.42. The molecule has 1 aromatic rings. The van der Waals surface area contributed by atoms with Gasteiger partial charge in [-0.1, -0.05) is 20.8 Å². The first kappa shape index (κ1) is 15.3. The van der Waals surface area contributed by atoms with Gasteiger partial charge in [-0.3, -0.25) is 0 Å². The summed E-state index contributed by atoms with van der Waals surface area (Å²) >= 11 is 0. The molecule has 1 aliphatic rings. The van der Waals surface area contributed by atoms with Gasteiger partial charge in [0, 0.05) is 30.9 Å². The van der Waals surface area contributed by atoms with Crippen molar-refractivity contribution in [1.82, 2.24) is 10.3 Å². The van der Waals surface area contributed by atoms with Crippen molar-refractivity contribution in [1.29, 1.82) is 0 Å². The number of aromatic nitrogens is 1. The van der Waals surface area contributed by atoms with Gasteiger partial charge < -0.3 is 10.2 Å². The van der Waals surface area contributed by atoms with Crippen molar-refractivity contribution in [2.24, 2.45) is 5.41 Å². The van der Waals surface area contributed by atoms with Crippen molar-refractivity contribution in [3.63, 3.8) is 0 Å². The molecule has 1 aliphatic heterocycles. The Balaban J connectivity index is 2.25. The van der Waals surface area contributed by atoms with Crippen LogP contribution in [0.15, 0.2) is 6.07 Å². The molecule has 0 amide bonds. The number of nitrogens with zero attached hydrogens (tertiary/aromatic N) is 2. The lowest BCUT2D eigenvalue weighted by atomic mass is 9.82. The van der Waals surface area contributed by atoms with Crippen molar-refractivity contribution in [2.45, 2.75) is 54.0 Å². The third-order valence-corrected chi connectivity index (χ3v) is 4.42. The van der Waals surface area contributed by atoms with E-state index in [2.05, 4.69) is 50.9 Å². The van der Waals surface area contributed by atoms with Gasteiger partial charge in [0.15, 0.2) is 0 Å². The van der Waals surface area contributed by atoms with E-state index in [1.54, 1.807) is 0 Å². The van der Waals surface area contributed by atoms with Gasteiger partial charge in [0.2, 0.25) is 0 Å². The van der Waals surface area contributed by atoms with Crippen molar-refractivity contribution in [2.75, 3.05) is 24.5 Å². The Morgan fingerprint density at radius 1 is 1.25 bits per heavy atom. The van der Waals surface area contributed by atoms with E-state index < -0.39 is 0 Å². The van der Waals surface area contributed by atoms with E-state index in [0.717, 1.165) is 31.9 Å². The Morgan fingerprint density at radius 3 is 2.50 bits per heavy atom. The normalized spacial score (nSPS) is 18.4. The summed E-state index contributed by atoms with van der Waals surface area (Å²) < 4.78 is 0. The zero-order valence-electron chi connectivity index (χ0n) is 13.7. The average Bonchev–Trinajstić information content (AvgIpc) is 2.37. The van der Waals surface area contributed by atoms with E-state index in [1.165, 1.54) is 29.8 Å². The molecule has 0 aromatic carbocycles. The molecule has 0 aliphatic carbocycles. The minimum Gasteiger partial charge on any atom is -0.356 e. The molecule has 1 fully saturated rings. The summed E-state index contributed by atoms with van der Waals surface area (Å²) in [5.74, 6) is 1.21. The van der Waals surface area contributed by atoms with Gasteiger partial charge in [-0.05, 0) is 50.3 Å². The average molecular weight is 275 g/mol. The SMILES string of the molecule is CCNCc1c(C)cc(C)nc1N1CCC(C)(C)CC1. The maximum atomic E-state index is 4.84. The maximum Gasteiger partial charge on any atom is 0.133 e. The van der Waals surface area contributed by atoms with Gasteiger partial charge in [-0.2, -0.15) is 0 Å². The van der Waals surface area contributed by atoms with Crippen LogP contribution in [0.3, 0.4) is 0 Å². The Hall–Kier alpha value is -1.09. The molecule has 0 bridgehead atoms. The molecule has 0 atom stereocenters. The highest BCUT2D eigenvalue weighted by molar-refractivity contribution is 5.52. The van der Waals surface area contributed by atoms with Gasteiger partial charge >= 0.3 is 0 Å². The summed E-state index contributed by atoms with van der Waals surface area (Å²) in [5, 5.41) is 3.45. The molecular formula is C17H29N3. The van der Waals surface area contributed by atoms with Crippen LogP contribution in [0.2, 0.25) is 0 Å². The van der Waals surface area contributed by atoms with Crippen molar-refractivity contribution in [3.05, 3.63) is 22.9 Å². The summed E-state index contributed by atoms with van der Waals surface area (Å²) in [6.07, 6.45) is 2.50. The summed E-state index contributed by atoms with van der Waals surface area (Å²) in [7, 11) is 0. The lowest BCUT2D eigenvalue weighted by Crippen LogP contribution is -2.38. The van der Waals surface area contributed by atoms with E-state index in [9.17, 15) is 0 Å². The molecule has 0 saturated carbocycles. The summed E-state index contributed by atoms with van der Waals surface area (Å²) in [6.45, 7) is 15.4. The van der Waals surface area contributed by atoms with Crippen LogP contribution in [0.4, 0.5) is 5.82 Å². The van der Waals surface area contributed by atoms with Gasteiger partial charge in [-0.25, -0.2) is 4.98 Å².